The van der Waals surface area contributed by atoms with Crippen molar-refractivity contribution >= 4 is 35.4 Å². The first-order valence-corrected chi connectivity index (χ1v) is 7.62. The van der Waals surface area contributed by atoms with Crippen LogP contribution < -0.4 is 10.6 Å². The average molecular weight is 301 g/mol. The molecule has 1 atom stereocenters. The lowest BCUT2D eigenvalue weighted by Gasteiger charge is -2.14. The highest BCUT2D eigenvalue weighted by atomic mass is 32.2. The largest absolute Gasteiger partial charge is 0.355 e. The predicted molar refractivity (Wildman–Crippen MR) is 75.0 cm³/mol. The normalized spacial score (nSPS) is 18.3. The first-order chi connectivity index (χ1) is 9.45. The Labute approximate surface area is 121 Å². The molecule has 4 amide bonds. The number of carbonyl (C=O) groups excluding carboxylic acids is 4. The van der Waals surface area contributed by atoms with Crippen LogP contribution in [-0.2, 0) is 19.2 Å². The summed E-state index contributed by atoms with van der Waals surface area (Å²) in [6.45, 7) is 2.19. The third-order valence-corrected chi connectivity index (χ3v) is 3.81. The maximum absolute atomic E-state index is 11.8. The zero-order valence-corrected chi connectivity index (χ0v) is 12.4. The summed E-state index contributed by atoms with van der Waals surface area (Å²) in [6, 6.07) is 0. The van der Waals surface area contributed by atoms with Crippen LogP contribution in [0.25, 0.3) is 0 Å². The van der Waals surface area contributed by atoms with Gasteiger partial charge in [-0.05, 0) is 6.26 Å². The minimum absolute atomic E-state index is 0.0820. The van der Waals surface area contributed by atoms with E-state index in [0.29, 0.717) is 13.1 Å². The number of imide groups is 1. The molecule has 1 fully saturated rings. The molecule has 20 heavy (non-hydrogen) atoms. The fourth-order valence-corrected chi connectivity index (χ4v) is 2.45. The molecule has 0 aliphatic carbocycles. The number of nitrogens with one attached hydrogen (secondary N) is 2. The van der Waals surface area contributed by atoms with Crippen molar-refractivity contribution in [1.82, 2.24) is 15.5 Å². The van der Waals surface area contributed by atoms with E-state index in [0.717, 1.165) is 4.90 Å². The average Bonchev–Trinajstić information content (AvgIpc) is 2.67. The number of carbonyl (C=O) groups is 4. The zero-order valence-electron chi connectivity index (χ0n) is 11.6. The zero-order chi connectivity index (χ0) is 15.1. The number of amides is 4. The molecule has 1 saturated heterocycles. The summed E-state index contributed by atoms with van der Waals surface area (Å²) in [7, 11) is 0. The SMILES string of the molecule is CSC1CC(=O)N(CCC(=O)NCCNC(C)=O)C1=O. The van der Waals surface area contributed by atoms with Gasteiger partial charge in [0.2, 0.25) is 23.6 Å². The van der Waals surface area contributed by atoms with Crippen LogP contribution in [0, 0.1) is 0 Å². The number of hydrogen-bond donors (Lipinski definition) is 2. The lowest BCUT2D eigenvalue weighted by molar-refractivity contribution is -0.138. The molecule has 0 aromatic carbocycles. The van der Waals surface area contributed by atoms with Crippen molar-refractivity contribution in [3.05, 3.63) is 0 Å². The number of nitrogens with zero attached hydrogens (tertiary/aromatic N) is 1. The van der Waals surface area contributed by atoms with Crippen LogP contribution in [0.4, 0.5) is 0 Å². The molecule has 8 heteroatoms. The van der Waals surface area contributed by atoms with E-state index in [9.17, 15) is 19.2 Å². The Morgan fingerprint density at radius 2 is 1.95 bits per heavy atom. The maximum atomic E-state index is 11.8. The van der Waals surface area contributed by atoms with E-state index in [1.54, 1.807) is 6.26 Å². The van der Waals surface area contributed by atoms with Gasteiger partial charge in [-0.1, -0.05) is 0 Å². The van der Waals surface area contributed by atoms with Gasteiger partial charge in [-0.15, -0.1) is 0 Å². The van der Waals surface area contributed by atoms with Crippen molar-refractivity contribution in [2.45, 2.75) is 25.0 Å². The second-order valence-corrected chi connectivity index (χ2v) is 5.44. The number of rotatable bonds is 7. The third-order valence-electron chi connectivity index (χ3n) is 2.87. The summed E-state index contributed by atoms with van der Waals surface area (Å²) in [4.78, 5) is 46.7. The van der Waals surface area contributed by atoms with Crippen molar-refractivity contribution in [1.29, 1.82) is 0 Å². The number of thioether (sulfide) groups is 1. The molecule has 1 heterocycles. The fourth-order valence-electron chi connectivity index (χ4n) is 1.81. The van der Waals surface area contributed by atoms with Crippen LogP contribution in [0.2, 0.25) is 0 Å². The number of likely N-dealkylation sites (tertiary alicyclic amines) is 1. The van der Waals surface area contributed by atoms with Crippen molar-refractivity contribution in [3.63, 3.8) is 0 Å². The molecule has 7 nitrogen and oxygen atoms in total. The maximum Gasteiger partial charge on any atom is 0.242 e. The van der Waals surface area contributed by atoms with E-state index in [4.69, 9.17) is 0 Å². The summed E-state index contributed by atoms with van der Waals surface area (Å²) >= 11 is 1.35. The van der Waals surface area contributed by atoms with Crippen molar-refractivity contribution in [2.75, 3.05) is 25.9 Å². The van der Waals surface area contributed by atoms with Crippen molar-refractivity contribution in [2.24, 2.45) is 0 Å². The molecule has 0 bridgehead atoms. The summed E-state index contributed by atoms with van der Waals surface area (Å²) in [6.07, 6.45) is 2.08. The van der Waals surface area contributed by atoms with Gasteiger partial charge >= 0.3 is 0 Å². The molecule has 2 N–H and O–H groups in total. The summed E-state index contributed by atoms with van der Waals surface area (Å²) in [5.74, 6) is -0.840. The summed E-state index contributed by atoms with van der Waals surface area (Å²) in [5, 5.41) is 4.84. The molecule has 1 aliphatic rings. The van der Waals surface area contributed by atoms with Gasteiger partial charge in [-0.3, -0.25) is 24.1 Å². The van der Waals surface area contributed by atoms with Gasteiger partial charge in [-0.25, -0.2) is 0 Å². The van der Waals surface area contributed by atoms with Gasteiger partial charge in [0, 0.05) is 39.4 Å². The van der Waals surface area contributed by atoms with Crippen LogP contribution in [0.15, 0.2) is 0 Å². The Kier molecular flexibility index (Phi) is 6.50. The molecule has 1 aliphatic heterocycles. The van der Waals surface area contributed by atoms with E-state index >= 15 is 0 Å². The predicted octanol–water partition coefficient (Wildman–Crippen LogP) is -0.881. The molecule has 0 saturated carbocycles. The number of hydrogen-bond acceptors (Lipinski definition) is 5. The molecular formula is C12H19N3O4S. The molecule has 1 rings (SSSR count). The highest BCUT2D eigenvalue weighted by Gasteiger charge is 2.37. The molecule has 0 aromatic heterocycles. The van der Waals surface area contributed by atoms with Crippen LogP contribution in [0.3, 0.4) is 0 Å². The third kappa shape index (κ3) is 4.84. The Hall–Kier alpha value is -1.57. The molecule has 1 unspecified atom stereocenters. The first-order valence-electron chi connectivity index (χ1n) is 6.34. The Morgan fingerprint density at radius 1 is 1.30 bits per heavy atom. The quantitative estimate of drug-likeness (QED) is 0.470. The van der Waals surface area contributed by atoms with E-state index in [2.05, 4.69) is 10.6 Å². The minimum atomic E-state index is -0.315. The molecule has 0 radical (unpaired) electrons. The van der Waals surface area contributed by atoms with Gasteiger partial charge in [0.25, 0.3) is 0 Å². The van der Waals surface area contributed by atoms with Gasteiger partial charge in [0.05, 0.1) is 5.25 Å². The minimum Gasteiger partial charge on any atom is -0.355 e. The Balaban J connectivity index is 2.25. The summed E-state index contributed by atoms with van der Waals surface area (Å²) < 4.78 is 0. The van der Waals surface area contributed by atoms with E-state index < -0.39 is 0 Å². The monoisotopic (exact) mass is 301 g/mol. The van der Waals surface area contributed by atoms with E-state index in [-0.39, 0.29) is 48.3 Å². The lowest BCUT2D eigenvalue weighted by Crippen LogP contribution is -2.37. The van der Waals surface area contributed by atoms with Gasteiger partial charge in [0.1, 0.15) is 0 Å². The second kappa shape index (κ2) is 7.88. The second-order valence-electron chi connectivity index (χ2n) is 4.39. The molecule has 0 aromatic rings. The fraction of sp³-hybridized carbons (Fsp3) is 0.667. The van der Waals surface area contributed by atoms with Gasteiger partial charge in [0.15, 0.2) is 0 Å². The highest BCUT2D eigenvalue weighted by molar-refractivity contribution is 8.00. The van der Waals surface area contributed by atoms with Crippen LogP contribution in [-0.4, -0.2) is 59.7 Å². The molecule has 0 spiro atoms. The van der Waals surface area contributed by atoms with E-state index in [1.807, 2.05) is 0 Å². The van der Waals surface area contributed by atoms with E-state index in [1.165, 1.54) is 18.7 Å². The topological polar surface area (TPSA) is 95.6 Å². The Bertz CT molecular complexity index is 414. The first kappa shape index (κ1) is 16.5. The molecule has 112 valence electrons. The van der Waals surface area contributed by atoms with Gasteiger partial charge in [-0.2, -0.15) is 11.8 Å². The standard InChI is InChI=1S/C12H19N3O4S/c1-8(16)13-4-5-14-10(17)3-6-15-11(18)7-9(20-2)12(15)19/h9H,3-7H2,1-2H3,(H,13,16)(H,14,17). The van der Waals surface area contributed by atoms with Crippen molar-refractivity contribution < 1.29 is 19.2 Å². The van der Waals surface area contributed by atoms with Crippen molar-refractivity contribution in [3.8, 4) is 0 Å². The smallest absolute Gasteiger partial charge is 0.242 e. The highest BCUT2D eigenvalue weighted by Crippen LogP contribution is 2.22. The van der Waals surface area contributed by atoms with Crippen LogP contribution >= 0.6 is 11.8 Å². The Morgan fingerprint density at radius 3 is 2.50 bits per heavy atom. The summed E-state index contributed by atoms with van der Waals surface area (Å²) in [5.41, 5.74) is 0. The van der Waals surface area contributed by atoms with Crippen LogP contribution in [0.5, 0.6) is 0 Å². The lowest BCUT2D eigenvalue weighted by atomic mass is 10.3. The van der Waals surface area contributed by atoms with Gasteiger partial charge < -0.3 is 10.6 Å². The molecular weight excluding hydrogens is 282 g/mol. The van der Waals surface area contributed by atoms with Crippen LogP contribution in [0.1, 0.15) is 19.8 Å².